The smallest absolute Gasteiger partial charge is 0.436 e. The van der Waals surface area contributed by atoms with Crippen LogP contribution in [0, 0.1) is 0 Å². The van der Waals surface area contributed by atoms with E-state index in [0.717, 1.165) is 17.5 Å². The first-order chi connectivity index (χ1) is 15.1. The molecule has 0 radical (unpaired) electrons. The predicted molar refractivity (Wildman–Crippen MR) is 115 cm³/mol. The minimum atomic E-state index is -4.62. The van der Waals surface area contributed by atoms with Crippen molar-refractivity contribution in [3.05, 3.63) is 57.5 Å². The zero-order chi connectivity index (χ0) is 23.0. The predicted octanol–water partition coefficient (Wildman–Crippen LogP) is 5.63. The lowest BCUT2D eigenvalue weighted by Gasteiger charge is -2.15. The molecule has 1 atom stereocenters. The van der Waals surface area contributed by atoms with Crippen molar-refractivity contribution in [1.82, 2.24) is 19.6 Å². The average Bonchev–Trinajstić information content (AvgIpc) is 3.35. The van der Waals surface area contributed by atoms with E-state index >= 15 is 0 Å². The summed E-state index contributed by atoms with van der Waals surface area (Å²) in [5.74, 6) is 0.00471. The monoisotopic (exact) mass is 531 g/mol. The van der Waals surface area contributed by atoms with Crippen LogP contribution in [0.15, 0.2) is 41.1 Å². The number of benzene rings is 1. The van der Waals surface area contributed by atoms with Gasteiger partial charge in [0, 0.05) is 10.9 Å². The molecule has 1 aliphatic rings. The first-order valence-corrected chi connectivity index (χ1v) is 10.9. The van der Waals surface area contributed by atoms with Crippen molar-refractivity contribution >= 4 is 39.1 Å². The lowest BCUT2D eigenvalue weighted by atomic mass is 10.2. The van der Waals surface area contributed by atoms with Crippen LogP contribution in [-0.4, -0.2) is 25.5 Å². The molecule has 4 rings (SSSR count). The zero-order valence-corrected chi connectivity index (χ0v) is 19.1. The summed E-state index contributed by atoms with van der Waals surface area (Å²) in [6.45, 7) is 1.59. The van der Waals surface area contributed by atoms with Crippen molar-refractivity contribution in [2.45, 2.75) is 44.6 Å². The number of rotatable bonds is 7. The minimum absolute atomic E-state index is 0.0467. The van der Waals surface area contributed by atoms with Crippen LogP contribution < -0.4 is 10.1 Å². The fourth-order valence-electron chi connectivity index (χ4n) is 3.18. The SMILES string of the molecule is CC(C(=O)Nc1cnn(COc2cccc(Cl)c2)c1)n1nc(C(F)(F)F)c(Br)c1C1CC1. The number of carbonyl (C=O) groups is 1. The number of anilines is 1. The van der Waals surface area contributed by atoms with E-state index < -0.39 is 23.8 Å². The lowest BCUT2D eigenvalue weighted by Crippen LogP contribution is -2.26. The van der Waals surface area contributed by atoms with Gasteiger partial charge in [0.25, 0.3) is 0 Å². The van der Waals surface area contributed by atoms with Crippen LogP contribution >= 0.6 is 27.5 Å². The van der Waals surface area contributed by atoms with Crippen molar-refractivity contribution < 1.29 is 22.7 Å². The summed E-state index contributed by atoms with van der Waals surface area (Å²) in [6, 6.07) is 5.92. The molecule has 0 spiro atoms. The second kappa shape index (κ2) is 8.78. The van der Waals surface area contributed by atoms with Crippen molar-refractivity contribution in [3.8, 4) is 5.75 Å². The van der Waals surface area contributed by atoms with Gasteiger partial charge in [-0.2, -0.15) is 23.4 Å². The van der Waals surface area contributed by atoms with E-state index in [0.29, 0.717) is 22.2 Å². The van der Waals surface area contributed by atoms with Gasteiger partial charge in [-0.15, -0.1) is 0 Å². The minimum Gasteiger partial charge on any atom is -0.471 e. The van der Waals surface area contributed by atoms with E-state index in [9.17, 15) is 18.0 Å². The molecule has 0 bridgehead atoms. The summed E-state index contributed by atoms with van der Waals surface area (Å²) < 4.78 is 48.1. The third-order valence-corrected chi connectivity index (χ3v) is 5.94. The van der Waals surface area contributed by atoms with Crippen LogP contribution in [0.3, 0.4) is 0 Å². The molecule has 0 saturated heterocycles. The third-order valence-electron chi connectivity index (χ3n) is 4.93. The normalized spacial score (nSPS) is 14.9. The molecule has 3 aromatic rings. The molecule has 7 nitrogen and oxygen atoms in total. The Morgan fingerprint density at radius 2 is 2.16 bits per heavy atom. The molecule has 1 N–H and O–H groups in total. The summed E-state index contributed by atoms with van der Waals surface area (Å²) in [5, 5.41) is 11.0. The highest BCUT2D eigenvalue weighted by molar-refractivity contribution is 9.10. The maximum atomic E-state index is 13.3. The van der Waals surface area contributed by atoms with Gasteiger partial charge in [-0.05, 0) is 53.9 Å². The van der Waals surface area contributed by atoms with Crippen molar-refractivity contribution in [2.24, 2.45) is 0 Å². The zero-order valence-electron chi connectivity index (χ0n) is 16.7. The maximum Gasteiger partial charge on any atom is 0.436 e. The van der Waals surface area contributed by atoms with Crippen LogP contribution in [0.1, 0.15) is 43.1 Å². The number of carbonyl (C=O) groups excluding carboxylic acids is 1. The van der Waals surface area contributed by atoms with Crippen LogP contribution in [0.2, 0.25) is 5.02 Å². The van der Waals surface area contributed by atoms with E-state index in [1.165, 1.54) is 17.8 Å². The Hall–Kier alpha value is -2.53. The van der Waals surface area contributed by atoms with Crippen molar-refractivity contribution in [1.29, 1.82) is 0 Å². The first-order valence-electron chi connectivity index (χ1n) is 9.70. The van der Waals surface area contributed by atoms with E-state index in [2.05, 4.69) is 31.4 Å². The van der Waals surface area contributed by atoms with E-state index in [1.807, 2.05) is 0 Å². The van der Waals surface area contributed by atoms with E-state index in [-0.39, 0.29) is 17.1 Å². The second-order valence-corrected chi connectivity index (χ2v) is 8.66. The topological polar surface area (TPSA) is 74.0 Å². The van der Waals surface area contributed by atoms with Gasteiger partial charge in [0.05, 0.1) is 28.2 Å². The van der Waals surface area contributed by atoms with Gasteiger partial charge in [0.1, 0.15) is 11.8 Å². The van der Waals surface area contributed by atoms with Crippen molar-refractivity contribution in [3.63, 3.8) is 0 Å². The number of amides is 1. The number of alkyl halides is 3. The molecule has 170 valence electrons. The van der Waals surface area contributed by atoms with Crippen LogP contribution in [0.25, 0.3) is 0 Å². The average molecular weight is 533 g/mol. The number of aromatic nitrogens is 4. The highest BCUT2D eigenvalue weighted by Gasteiger charge is 2.43. The Balaban J connectivity index is 1.44. The standard InChI is InChI=1S/C20H18BrClF3N5O2/c1-11(30-17(12-5-6-12)16(21)18(28-30)20(23,24)25)19(31)27-14-8-26-29(9-14)10-32-15-4-2-3-13(22)7-15/h2-4,7-9,11-12H,5-6,10H2,1H3,(H,27,31). The van der Waals surface area contributed by atoms with Crippen LogP contribution in [0.5, 0.6) is 5.75 Å². The summed E-state index contributed by atoms with van der Waals surface area (Å²) in [4.78, 5) is 12.8. The molecular weight excluding hydrogens is 515 g/mol. The number of hydrogen-bond acceptors (Lipinski definition) is 4. The van der Waals surface area contributed by atoms with Gasteiger partial charge in [-0.25, -0.2) is 4.68 Å². The molecule has 1 aliphatic carbocycles. The molecule has 12 heteroatoms. The van der Waals surface area contributed by atoms with Gasteiger partial charge >= 0.3 is 6.18 Å². The fourth-order valence-corrected chi connectivity index (χ4v) is 4.17. The van der Waals surface area contributed by atoms with Gasteiger partial charge in [0.2, 0.25) is 5.91 Å². The lowest BCUT2D eigenvalue weighted by molar-refractivity contribution is -0.142. The van der Waals surface area contributed by atoms with Crippen LogP contribution in [-0.2, 0) is 17.7 Å². The largest absolute Gasteiger partial charge is 0.471 e. The molecule has 0 aliphatic heterocycles. The van der Waals surface area contributed by atoms with Crippen molar-refractivity contribution in [2.75, 3.05) is 5.32 Å². The molecule has 32 heavy (non-hydrogen) atoms. The fraction of sp³-hybridized carbons (Fsp3) is 0.350. The molecule has 2 heterocycles. The molecule has 2 aromatic heterocycles. The first kappa shape index (κ1) is 22.7. The Kier molecular flexibility index (Phi) is 6.22. The molecule has 1 aromatic carbocycles. The highest BCUT2D eigenvalue weighted by atomic mass is 79.9. The van der Waals surface area contributed by atoms with Gasteiger partial charge in [-0.3, -0.25) is 9.48 Å². The Bertz CT molecular complexity index is 1140. The number of nitrogens with one attached hydrogen (secondary N) is 1. The van der Waals surface area contributed by atoms with E-state index in [4.69, 9.17) is 16.3 Å². The van der Waals surface area contributed by atoms with Gasteiger partial charge in [-0.1, -0.05) is 17.7 Å². The summed E-state index contributed by atoms with van der Waals surface area (Å²) >= 11 is 8.95. The third kappa shape index (κ3) is 4.93. The maximum absolute atomic E-state index is 13.3. The van der Waals surface area contributed by atoms with Crippen LogP contribution in [0.4, 0.5) is 18.9 Å². The summed E-state index contributed by atoms with van der Waals surface area (Å²) in [6.07, 6.45) is -0.121. The molecule has 1 saturated carbocycles. The number of nitrogens with zero attached hydrogens (tertiary/aromatic N) is 4. The highest BCUT2D eigenvalue weighted by Crippen LogP contribution is 2.47. The summed E-state index contributed by atoms with van der Waals surface area (Å²) in [7, 11) is 0. The van der Waals surface area contributed by atoms with Gasteiger partial charge < -0.3 is 10.1 Å². The van der Waals surface area contributed by atoms with Gasteiger partial charge in [0.15, 0.2) is 12.4 Å². The Labute approximate surface area is 194 Å². The molecule has 1 fully saturated rings. The molecule has 1 amide bonds. The quantitative estimate of drug-likeness (QED) is 0.428. The number of hydrogen-bond donors (Lipinski definition) is 1. The number of ether oxygens (including phenoxy) is 1. The molecular formula is C20H18BrClF3N5O2. The number of halogens is 5. The summed E-state index contributed by atoms with van der Waals surface area (Å²) in [5.41, 5.74) is -0.248. The Morgan fingerprint density at radius 1 is 1.41 bits per heavy atom. The molecule has 1 unspecified atom stereocenters. The van der Waals surface area contributed by atoms with E-state index in [1.54, 1.807) is 30.5 Å². The Morgan fingerprint density at radius 3 is 2.81 bits per heavy atom. The second-order valence-electron chi connectivity index (χ2n) is 7.43.